The number of esters is 1. The number of benzene rings is 2. The van der Waals surface area contributed by atoms with Crippen LogP contribution in [-0.2, 0) is 9.53 Å². The molecule has 2 heterocycles. The molecule has 1 aliphatic rings. The molecule has 0 fully saturated rings. The molecule has 1 atom stereocenters. The number of hydrogen-bond donors (Lipinski definition) is 1. The van der Waals surface area contributed by atoms with E-state index in [-0.39, 0.29) is 34.3 Å². The van der Waals surface area contributed by atoms with Crippen LogP contribution in [0.1, 0.15) is 32.3 Å². The summed E-state index contributed by atoms with van der Waals surface area (Å²) >= 11 is 0. The molecular weight excluding hydrogens is 424 g/mol. The standard InChI is InChI=1S/C25H22N2O6/c1-4-32-25(29)21-14(2)26-15(3)23(27(30)31)22(21)18-12-8-11-17-19(28)13-20(33-24(17)18)16-9-6-5-7-10-16/h5-13,22,26H,4H2,1-3H3. The first-order chi connectivity index (χ1) is 15.8. The minimum absolute atomic E-state index is 0.106. The zero-order valence-electron chi connectivity index (χ0n) is 18.4. The maximum atomic E-state index is 12.9. The molecule has 168 valence electrons. The quantitative estimate of drug-likeness (QED) is 0.349. The average molecular weight is 446 g/mol. The van der Waals surface area contributed by atoms with E-state index in [2.05, 4.69) is 5.32 Å². The summed E-state index contributed by atoms with van der Waals surface area (Å²) in [5, 5.41) is 15.3. The largest absolute Gasteiger partial charge is 0.463 e. The van der Waals surface area contributed by atoms with E-state index in [0.29, 0.717) is 28.3 Å². The van der Waals surface area contributed by atoms with Gasteiger partial charge in [0.05, 0.1) is 28.2 Å². The molecule has 1 unspecified atom stereocenters. The van der Waals surface area contributed by atoms with Gasteiger partial charge in [-0.05, 0) is 26.8 Å². The normalized spacial score (nSPS) is 16.0. The van der Waals surface area contributed by atoms with Crippen LogP contribution in [0.2, 0.25) is 0 Å². The number of ether oxygens (including phenoxy) is 1. The molecule has 0 amide bonds. The maximum Gasteiger partial charge on any atom is 0.336 e. The summed E-state index contributed by atoms with van der Waals surface area (Å²) in [7, 11) is 0. The number of nitrogens with zero attached hydrogens (tertiary/aromatic N) is 1. The van der Waals surface area contributed by atoms with Gasteiger partial charge in [0.1, 0.15) is 17.3 Å². The Morgan fingerprint density at radius 3 is 2.52 bits per heavy atom. The Labute approximate surface area is 189 Å². The van der Waals surface area contributed by atoms with Crippen molar-refractivity contribution in [3.05, 3.63) is 103 Å². The molecule has 0 saturated carbocycles. The second-order valence-corrected chi connectivity index (χ2v) is 7.65. The number of nitrogens with one attached hydrogen (secondary N) is 1. The van der Waals surface area contributed by atoms with E-state index in [1.807, 2.05) is 18.2 Å². The van der Waals surface area contributed by atoms with Gasteiger partial charge in [-0.15, -0.1) is 0 Å². The molecule has 1 aliphatic heterocycles. The Morgan fingerprint density at radius 1 is 1.12 bits per heavy atom. The van der Waals surface area contributed by atoms with Crippen molar-refractivity contribution in [3.63, 3.8) is 0 Å². The van der Waals surface area contributed by atoms with Gasteiger partial charge in [-0.1, -0.05) is 42.5 Å². The summed E-state index contributed by atoms with van der Waals surface area (Å²) in [6, 6.07) is 15.4. The first kappa shape index (κ1) is 22.0. The highest BCUT2D eigenvalue weighted by atomic mass is 16.6. The summed E-state index contributed by atoms with van der Waals surface area (Å²) in [5.74, 6) is -1.42. The van der Waals surface area contributed by atoms with Crippen LogP contribution in [0.3, 0.4) is 0 Å². The number of para-hydroxylation sites is 1. The SMILES string of the molecule is CCOC(=O)C1=C(C)NC(C)=C([N+](=O)[O-])C1c1cccc2c(=O)cc(-c3ccccc3)oc12. The second kappa shape index (κ2) is 8.74. The number of dihydropyridines is 1. The van der Waals surface area contributed by atoms with E-state index in [0.717, 1.165) is 0 Å². The fourth-order valence-corrected chi connectivity index (χ4v) is 4.18. The van der Waals surface area contributed by atoms with Crippen molar-refractivity contribution in [2.75, 3.05) is 6.61 Å². The fraction of sp³-hybridized carbons (Fsp3) is 0.200. The monoisotopic (exact) mass is 446 g/mol. The summed E-state index contributed by atoms with van der Waals surface area (Å²) < 4.78 is 11.4. The van der Waals surface area contributed by atoms with E-state index in [9.17, 15) is 19.7 Å². The number of carbonyl (C=O) groups excluding carboxylic acids is 1. The van der Waals surface area contributed by atoms with Crippen LogP contribution < -0.4 is 10.7 Å². The van der Waals surface area contributed by atoms with E-state index in [4.69, 9.17) is 9.15 Å². The van der Waals surface area contributed by atoms with E-state index >= 15 is 0 Å². The van der Waals surface area contributed by atoms with Gasteiger partial charge in [0, 0.05) is 22.9 Å². The molecule has 0 bridgehead atoms. The van der Waals surface area contributed by atoms with Gasteiger partial charge in [0.15, 0.2) is 5.43 Å². The van der Waals surface area contributed by atoms with Crippen LogP contribution in [0.25, 0.3) is 22.3 Å². The summed E-state index contributed by atoms with van der Waals surface area (Å²) in [6.07, 6.45) is 0. The number of fused-ring (bicyclic) bond motifs is 1. The molecule has 2 aromatic carbocycles. The number of hydrogen-bond acceptors (Lipinski definition) is 7. The van der Waals surface area contributed by atoms with Crippen LogP contribution >= 0.6 is 0 Å². The third-order valence-corrected chi connectivity index (χ3v) is 5.57. The van der Waals surface area contributed by atoms with Crippen LogP contribution in [0.15, 0.2) is 86.5 Å². The van der Waals surface area contributed by atoms with Gasteiger partial charge >= 0.3 is 5.97 Å². The Balaban J connectivity index is 2.04. The van der Waals surface area contributed by atoms with Crippen molar-refractivity contribution in [2.45, 2.75) is 26.7 Å². The Bertz CT molecular complexity index is 1390. The van der Waals surface area contributed by atoms with Gasteiger partial charge in [0.25, 0.3) is 5.70 Å². The number of allylic oxidation sites excluding steroid dienone is 3. The molecule has 4 rings (SSSR count). The van der Waals surface area contributed by atoms with Crippen LogP contribution in [-0.4, -0.2) is 17.5 Å². The highest BCUT2D eigenvalue weighted by molar-refractivity contribution is 5.94. The van der Waals surface area contributed by atoms with Gasteiger partial charge in [-0.2, -0.15) is 0 Å². The number of rotatable bonds is 5. The predicted octanol–water partition coefficient (Wildman–Crippen LogP) is 4.49. The fourth-order valence-electron chi connectivity index (χ4n) is 4.18. The first-order valence-corrected chi connectivity index (χ1v) is 10.5. The topological polar surface area (TPSA) is 112 Å². The molecule has 1 aromatic heterocycles. The zero-order valence-corrected chi connectivity index (χ0v) is 18.4. The van der Waals surface area contributed by atoms with Crippen molar-refractivity contribution in [2.24, 2.45) is 0 Å². The molecule has 0 saturated heterocycles. The lowest BCUT2D eigenvalue weighted by Crippen LogP contribution is -2.31. The Hall–Kier alpha value is -4.20. The van der Waals surface area contributed by atoms with Gasteiger partial charge in [0.2, 0.25) is 0 Å². The Morgan fingerprint density at radius 2 is 1.85 bits per heavy atom. The lowest BCUT2D eigenvalue weighted by atomic mass is 9.83. The van der Waals surface area contributed by atoms with Crippen LogP contribution in [0.5, 0.6) is 0 Å². The van der Waals surface area contributed by atoms with Crippen molar-refractivity contribution >= 4 is 16.9 Å². The van der Waals surface area contributed by atoms with Crippen molar-refractivity contribution in [1.29, 1.82) is 0 Å². The Kier molecular flexibility index (Phi) is 5.83. The third kappa shape index (κ3) is 3.91. The molecule has 0 aliphatic carbocycles. The molecule has 1 N–H and O–H groups in total. The second-order valence-electron chi connectivity index (χ2n) is 7.65. The van der Waals surface area contributed by atoms with Crippen molar-refractivity contribution < 1.29 is 18.9 Å². The van der Waals surface area contributed by atoms with Gasteiger partial charge in [-0.25, -0.2) is 4.79 Å². The third-order valence-electron chi connectivity index (χ3n) is 5.57. The molecule has 0 radical (unpaired) electrons. The summed E-state index contributed by atoms with van der Waals surface area (Å²) in [5.41, 5.74) is 1.59. The minimum Gasteiger partial charge on any atom is -0.463 e. The molecular formula is C25H22N2O6. The maximum absolute atomic E-state index is 12.9. The highest BCUT2D eigenvalue weighted by Gasteiger charge is 2.42. The lowest BCUT2D eigenvalue weighted by Gasteiger charge is -2.26. The molecule has 3 aromatic rings. The number of carbonyl (C=O) groups is 1. The predicted molar refractivity (Wildman–Crippen MR) is 123 cm³/mol. The van der Waals surface area contributed by atoms with E-state index in [1.165, 1.54) is 6.07 Å². The minimum atomic E-state index is -1.09. The summed E-state index contributed by atoms with van der Waals surface area (Å²) in [6.45, 7) is 5.02. The smallest absolute Gasteiger partial charge is 0.336 e. The lowest BCUT2D eigenvalue weighted by molar-refractivity contribution is -0.431. The molecule has 8 nitrogen and oxygen atoms in total. The van der Waals surface area contributed by atoms with Crippen LogP contribution in [0.4, 0.5) is 0 Å². The van der Waals surface area contributed by atoms with Crippen molar-refractivity contribution in [1.82, 2.24) is 5.32 Å². The number of nitro groups is 1. The molecule has 33 heavy (non-hydrogen) atoms. The summed E-state index contributed by atoms with van der Waals surface area (Å²) in [4.78, 5) is 37.4. The zero-order chi connectivity index (χ0) is 23.7. The van der Waals surface area contributed by atoms with Gasteiger partial charge < -0.3 is 14.5 Å². The first-order valence-electron chi connectivity index (χ1n) is 10.5. The van der Waals surface area contributed by atoms with Crippen LogP contribution in [0, 0.1) is 10.1 Å². The van der Waals surface area contributed by atoms with Crippen molar-refractivity contribution in [3.8, 4) is 11.3 Å². The van der Waals surface area contributed by atoms with E-state index in [1.54, 1.807) is 51.1 Å². The molecule has 8 heteroatoms. The highest BCUT2D eigenvalue weighted by Crippen LogP contribution is 2.41. The van der Waals surface area contributed by atoms with E-state index < -0.39 is 16.8 Å². The molecule has 0 spiro atoms. The van der Waals surface area contributed by atoms with Gasteiger partial charge in [-0.3, -0.25) is 14.9 Å². The average Bonchev–Trinajstić information content (AvgIpc) is 2.78.